The first-order valence-electron chi connectivity index (χ1n) is 13.1. The molecule has 1 heterocycles. The minimum Gasteiger partial charge on any atom is -0.335 e. The highest BCUT2D eigenvalue weighted by atomic mass is 16.2. The van der Waals surface area contributed by atoms with Gasteiger partial charge in [-0.15, -0.1) is 0 Å². The zero-order valence-corrected chi connectivity index (χ0v) is 21.2. The third kappa shape index (κ3) is 4.14. The number of hydrogen-bond donors (Lipinski definition) is 1. The Hall–Kier alpha value is -2.37. The summed E-state index contributed by atoms with van der Waals surface area (Å²) >= 11 is 0. The molecule has 0 radical (unpaired) electrons. The number of amides is 3. The van der Waals surface area contributed by atoms with Gasteiger partial charge in [0.2, 0.25) is 17.7 Å². The second-order valence-electron chi connectivity index (χ2n) is 11.9. The van der Waals surface area contributed by atoms with E-state index in [9.17, 15) is 14.4 Å². The van der Waals surface area contributed by atoms with E-state index in [2.05, 4.69) is 5.32 Å². The number of carbonyl (C=O) groups is 3. The van der Waals surface area contributed by atoms with Gasteiger partial charge in [-0.25, -0.2) is 0 Å². The Morgan fingerprint density at radius 2 is 1.56 bits per heavy atom. The lowest BCUT2D eigenvalue weighted by Gasteiger charge is -2.56. The van der Waals surface area contributed by atoms with E-state index in [0.717, 1.165) is 48.1 Å². The number of likely N-dealkylation sites (N-methyl/N-ethyl adjacent to an activating group) is 1. The summed E-state index contributed by atoms with van der Waals surface area (Å²) < 4.78 is 0. The van der Waals surface area contributed by atoms with Crippen LogP contribution in [0.3, 0.4) is 0 Å². The average molecular weight is 466 g/mol. The van der Waals surface area contributed by atoms with Crippen molar-refractivity contribution in [2.45, 2.75) is 78.2 Å². The maximum Gasteiger partial charge on any atom is 0.245 e. The molecule has 1 aliphatic heterocycles. The largest absolute Gasteiger partial charge is 0.335 e. The fraction of sp³-hybridized carbons (Fsp3) is 0.679. The summed E-state index contributed by atoms with van der Waals surface area (Å²) in [7, 11) is 1.68. The lowest BCUT2D eigenvalue weighted by molar-refractivity contribution is -0.161. The molecule has 4 saturated carbocycles. The van der Waals surface area contributed by atoms with Gasteiger partial charge in [0.05, 0.1) is 12.0 Å². The van der Waals surface area contributed by atoms with Crippen molar-refractivity contribution in [1.29, 1.82) is 0 Å². The summed E-state index contributed by atoms with van der Waals surface area (Å²) in [5.41, 5.74) is 3.78. The standard InChI is InChI=1S/C28H39N3O3/c1-17-8-18(2)25(19(3)9-17)29-24(32)16-30(4)26(33)23-6-5-7-31(23)27(34)28-13-20-10-21(14-28)12-22(11-20)15-28/h8-9,20-23H,5-7,10-16H2,1-4H3,(H,29,32). The number of aryl methyl sites for hydroxylation is 3. The second-order valence-corrected chi connectivity index (χ2v) is 11.9. The fourth-order valence-corrected chi connectivity index (χ4v) is 8.05. The summed E-state index contributed by atoms with van der Waals surface area (Å²) in [4.78, 5) is 43.5. The topological polar surface area (TPSA) is 69.7 Å². The van der Waals surface area contributed by atoms with E-state index in [1.54, 1.807) is 7.05 Å². The van der Waals surface area contributed by atoms with Gasteiger partial charge in [-0.3, -0.25) is 14.4 Å². The number of likely N-dealkylation sites (tertiary alicyclic amines) is 1. The van der Waals surface area contributed by atoms with Crippen LogP contribution in [0.1, 0.15) is 68.1 Å². The zero-order chi connectivity index (χ0) is 24.2. The molecule has 1 atom stereocenters. The van der Waals surface area contributed by atoms with Gasteiger partial charge in [0, 0.05) is 19.3 Å². The number of anilines is 1. The summed E-state index contributed by atoms with van der Waals surface area (Å²) in [6.07, 6.45) is 8.50. The van der Waals surface area contributed by atoms with Crippen molar-refractivity contribution in [3.63, 3.8) is 0 Å². The molecule has 6 nitrogen and oxygen atoms in total. The minimum atomic E-state index is -0.429. The molecule has 0 aromatic heterocycles. The minimum absolute atomic E-state index is 0.0124. The molecule has 4 aliphatic carbocycles. The molecule has 1 aromatic carbocycles. The molecule has 4 bridgehead atoms. The Labute approximate surface area is 203 Å². The SMILES string of the molecule is Cc1cc(C)c(NC(=O)CN(C)C(=O)C2CCCN2C(=O)C23CC4CC(CC(C4)C2)C3)c(C)c1. The van der Waals surface area contributed by atoms with E-state index < -0.39 is 6.04 Å². The Balaban J connectivity index is 1.24. The van der Waals surface area contributed by atoms with E-state index in [-0.39, 0.29) is 29.7 Å². The van der Waals surface area contributed by atoms with Crippen LogP contribution in [0.4, 0.5) is 5.69 Å². The first kappa shape index (κ1) is 23.4. The maximum absolute atomic E-state index is 13.9. The van der Waals surface area contributed by atoms with Crippen molar-refractivity contribution < 1.29 is 14.4 Å². The van der Waals surface area contributed by atoms with Crippen LogP contribution < -0.4 is 5.32 Å². The van der Waals surface area contributed by atoms with Crippen molar-refractivity contribution >= 4 is 23.4 Å². The number of rotatable bonds is 5. The van der Waals surface area contributed by atoms with Crippen LogP contribution >= 0.6 is 0 Å². The molecular weight excluding hydrogens is 426 g/mol. The predicted molar refractivity (Wildman–Crippen MR) is 132 cm³/mol. The normalized spacial score (nSPS) is 31.6. The van der Waals surface area contributed by atoms with Crippen molar-refractivity contribution in [3.8, 4) is 0 Å². The van der Waals surface area contributed by atoms with Crippen molar-refractivity contribution in [2.75, 3.05) is 25.5 Å². The van der Waals surface area contributed by atoms with Crippen molar-refractivity contribution in [3.05, 3.63) is 28.8 Å². The molecule has 184 valence electrons. The molecule has 1 unspecified atom stereocenters. The highest BCUT2D eigenvalue weighted by Crippen LogP contribution is 2.60. The van der Waals surface area contributed by atoms with Gasteiger partial charge in [0.1, 0.15) is 6.04 Å². The van der Waals surface area contributed by atoms with Crippen molar-refractivity contribution in [1.82, 2.24) is 9.80 Å². The number of carbonyl (C=O) groups excluding carboxylic acids is 3. The molecule has 5 aliphatic rings. The quantitative estimate of drug-likeness (QED) is 0.708. The predicted octanol–water partition coefficient (Wildman–Crippen LogP) is 4.22. The van der Waals surface area contributed by atoms with Crippen LogP contribution in [0.15, 0.2) is 12.1 Å². The molecule has 0 spiro atoms. The number of nitrogens with one attached hydrogen (secondary N) is 1. The third-order valence-corrected chi connectivity index (χ3v) is 8.99. The lowest BCUT2D eigenvalue weighted by Crippen LogP contribution is -2.57. The van der Waals surface area contributed by atoms with Gasteiger partial charge in [-0.05, 0) is 101 Å². The molecule has 5 fully saturated rings. The molecule has 34 heavy (non-hydrogen) atoms. The first-order valence-corrected chi connectivity index (χ1v) is 13.1. The van der Waals surface area contributed by atoms with E-state index in [1.807, 2.05) is 37.8 Å². The molecule has 1 saturated heterocycles. The van der Waals surface area contributed by atoms with Gasteiger partial charge in [0.25, 0.3) is 0 Å². The Kier molecular flexibility index (Phi) is 5.97. The van der Waals surface area contributed by atoms with Crippen molar-refractivity contribution in [2.24, 2.45) is 23.2 Å². The van der Waals surface area contributed by atoms with Gasteiger partial charge < -0.3 is 15.1 Å². The van der Waals surface area contributed by atoms with E-state index >= 15 is 0 Å². The molecule has 6 rings (SSSR count). The number of nitrogens with zero attached hydrogens (tertiary/aromatic N) is 2. The molecule has 1 N–H and O–H groups in total. The van der Waals surface area contributed by atoms with Gasteiger partial charge in [-0.1, -0.05) is 17.7 Å². The monoisotopic (exact) mass is 465 g/mol. The number of benzene rings is 1. The highest BCUT2D eigenvalue weighted by molar-refractivity contribution is 5.97. The van der Waals surface area contributed by atoms with E-state index in [1.165, 1.54) is 24.2 Å². The van der Waals surface area contributed by atoms with Gasteiger partial charge in [0.15, 0.2) is 0 Å². The Morgan fingerprint density at radius 3 is 2.12 bits per heavy atom. The summed E-state index contributed by atoms with van der Waals surface area (Å²) in [5, 5.41) is 2.99. The number of hydrogen-bond acceptors (Lipinski definition) is 3. The Morgan fingerprint density at radius 1 is 1.00 bits per heavy atom. The summed E-state index contributed by atoms with van der Waals surface area (Å²) in [5.74, 6) is 2.02. The average Bonchev–Trinajstić information content (AvgIpc) is 3.23. The maximum atomic E-state index is 13.9. The molecule has 1 aromatic rings. The first-order chi connectivity index (χ1) is 16.1. The van der Waals surface area contributed by atoms with E-state index in [4.69, 9.17) is 0 Å². The van der Waals surface area contributed by atoms with Crippen LogP contribution in [0.25, 0.3) is 0 Å². The highest BCUT2D eigenvalue weighted by Gasteiger charge is 2.57. The smallest absolute Gasteiger partial charge is 0.245 e. The lowest BCUT2D eigenvalue weighted by atomic mass is 9.49. The van der Waals surface area contributed by atoms with Gasteiger partial charge >= 0.3 is 0 Å². The van der Waals surface area contributed by atoms with Crippen LogP contribution in [0.5, 0.6) is 0 Å². The molecular formula is C28H39N3O3. The third-order valence-electron chi connectivity index (χ3n) is 8.99. The van der Waals surface area contributed by atoms with Crippen LogP contribution in [-0.2, 0) is 14.4 Å². The second kappa shape index (κ2) is 8.69. The zero-order valence-electron chi connectivity index (χ0n) is 21.2. The molecule has 6 heteroatoms. The van der Waals surface area contributed by atoms with E-state index in [0.29, 0.717) is 30.7 Å². The summed E-state index contributed by atoms with van der Waals surface area (Å²) in [6.45, 7) is 6.66. The van der Waals surface area contributed by atoms with Gasteiger partial charge in [-0.2, -0.15) is 0 Å². The Bertz CT molecular complexity index is 958. The molecule has 3 amide bonds. The van der Waals surface area contributed by atoms with Crippen LogP contribution in [0.2, 0.25) is 0 Å². The summed E-state index contributed by atoms with van der Waals surface area (Å²) in [6, 6.07) is 3.66. The van der Waals surface area contributed by atoms with Crippen LogP contribution in [0, 0.1) is 43.9 Å². The van der Waals surface area contributed by atoms with Crippen LogP contribution in [-0.4, -0.2) is 53.7 Å². The fourth-order valence-electron chi connectivity index (χ4n) is 8.05.